The summed E-state index contributed by atoms with van der Waals surface area (Å²) in [6.07, 6.45) is 5.67. The normalized spacial score (nSPS) is 25.3. The number of hydrogen-bond donors (Lipinski definition) is 0. The highest BCUT2D eigenvalue weighted by Crippen LogP contribution is 2.50. The summed E-state index contributed by atoms with van der Waals surface area (Å²) >= 11 is 0. The lowest BCUT2D eigenvalue weighted by atomic mass is 9.70. The molecule has 7 nitrogen and oxygen atoms in total. The second kappa shape index (κ2) is 6.35. The maximum absolute atomic E-state index is 12.7. The molecule has 4 rings (SSSR count). The predicted molar refractivity (Wildman–Crippen MR) is 96.1 cm³/mol. The number of likely N-dealkylation sites (tertiary alicyclic amines) is 2. The number of rotatable bonds is 3. The lowest BCUT2D eigenvalue weighted by Gasteiger charge is -2.42. The molecule has 2 saturated heterocycles. The topological polar surface area (TPSA) is 71.3 Å². The summed E-state index contributed by atoms with van der Waals surface area (Å²) in [6.45, 7) is 7.00. The van der Waals surface area contributed by atoms with E-state index in [0.717, 1.165) is 57.7 Å². The zero-order valence-electron chi connectivity index (χ0n) is 16.0. The molecule has 1 atom stereocenters. The number of carbonyl (C=O) groups excluding carboxylic acids is 2. The van der Waals surface area contributed by atoms with Gasteiger partial charge in [0.15, 0.2) is 0 Å². The molecule has 1 spiro atoms. The van der Waals surface area contributed by atoms with Gasteiger partial charge in [0.2, 0.25) is 11.8 Å². The van der Waals surface area contributed by atoms with Gasteiger partial charge in [0, 0.05) is 56.4 Å². The van der Waals surface area contributed by atoms with Gasteiger partial charge in [0.05, 0.1) is 0 Å². The van der Waals surface area contributed by atoms with E-state index in [1.165, 1.54) is 0 Å². The van der Waals surface area contributed by atoms with Gasteiger partial charge in [-0.15, -0.1) is 10.2 Å². The fourth-order valence-corrected chi connectivity index (χ4v) is 4.73. The highest BCUT2D eigenvalue weighted by atomic mass is 16.2. The van der Waals surface area contributed by atoms with E-state index in [2.05, 4.69) is 15.1 Å². The summed E-state index contributed by atoms with van der Waals surface area (Å²) in [7, 11) is 1.98. The van der Waals surface area contributed by atoms with Crippen LogP contribution < -0.4 is 0 Å². The fourth-order valence-electron chi connectivity index (χ4n) is 4.73. The minimum absolute atomic E-state index is 0.0130. The average molecular weight is 359 g/mol. The first-order valence-electron chi connectivity index (χ1n) is 9.83. The molecule has 26 heavy (non-hydrogen) atoms. The van der Waals surface area contributed by atoms with Crippen molar-refractivity contribution < 1.29 is 9.59 Å². The lowest BCUT2D eigenvalue weighted by Crippen LogP contribution is -2.47. The van der Waals surface area contributed by atoms with Crippen molar-refractivity contribution in [3.05, 3.63) is 12.2 Å². The standard InChI is InChI=1S/C19H29N5O2/c1-13(2)17(25)23-8-6-19(7-9-23)11-24(18(26)14-4-5-14)10-15(19)16-21-20-12-22(16)3/h12-15H,4-11H2,1-3H3. The number of aromatic nitrogens is 3. The van der Waals surface area contributed by atoms with E-state index in [4.69, 9.17) is 0 Å². The van der Waals surface area contributed by atoms with Crippen molar-refractivity contribution in [2.24, 2.45) is 24.3 Å². The lowest BCUT2D eigenvalue weighted by molar-refractivity contribution is -0.137. The van der Waals surface area contributed by atoms with Crippen LogP contribution >= 0.6 is 0 Å². The maximum atomic E-state index is 12.7. The van der Waals surface area contributed by atoms with Gasteiger partial charge < -0.3 is 14.4 Å². The minimum atomic E-state index is 0.0130. The van der Waals surface area contributed by atoms with Crippen LogP contribution in [-0.4, -0.2) is 62.6 Å². The van der Waals surface area contributed by atoms with Crippen molar-refractivity contribution in [3.8, 4) is 0 Å². The van der Waals surface area contributed by atoms with E-state index in [1.54, 1.807) is 6.33 Å². The van der Waals surface area contributed by atoms with Crippen molar-refractivity contribution in [2.45, 2.75) is 45.4 Å². The van der Waals surface area contributed by atoms with Crippen LogP contribution in [0.3, 0.4) is 0 Å². The first-order chi connectivity index (χ1) is 12.4. The number of hydrogen-bond acceptors (Lipinski definition) is 4. The third-order valence-electron chi connectivity index (χ3n) is 6.51. The van der Waals surface area contributed by atoms with Gasteiger partial charge in [-0.2, -0.15) is 0 Å². The average Bonchev–Trinajstić information content (AvgIpc) is 3.30. The molecular formula is C19H29N5O2. The number of carbonyl (C=O) groups is 2. The summed E-state index contributed by atoms with van der Waals surface area (Å²) in [5, 5.41) is 8.45. The van der Waals surface area contributed by atoms with Gasteiger partial charge in [-0.25, -0.2) is 0 Å². The number of piperidine rings is 1. The highest BCUT2D eigenvalue weighted by Gasteiger charge is 2.53. The molecule has 1 aromatic heterocycles. The van der Waals surface area contributed by atoms with E-state index in [1.807, 2.05) is 30.4 Å². The molecule has 1 unspecified atom stereocenters. The molecule has 0 N–H and O–H groups in total. The maximum Gasteiger partial charge on any atom is 0.225 e. The van der Waals surface area contributed by atoms with E-state index in [9.17, 15) is 9.59 Å². The predicted octanol–water partition coefficient (Wildman–Crippen LogP) is 1.42. The zero-order valence-corrected chi connectivity index (χ0v) is 16.0. The van der Waals surface area contributed by atoms with Crippen LogP contribution in [0.4, 0.5) is 0 Å². The van der Waals surface area contributed by atoms with E-state index >= 15 is 0 Å². The summed E-state index contributed by atoms with van der Waals surface area (Å²) < 4.78 is 1.99. The van der Waals surface area contributed by atoms with Gasteiger partial charge >= 0.3 is 0 Å². The first kappa shape index (κ1) is 17.5. The molecule has 0 aromatic carbocycles. The Balaban J connectivity index is 1.56. The van der Waals surface area contributed by atoms with Crippen molar-refractivity contribution in [2.75, 3.05) is 26.2 Å². The molecule has 0 radical (unpaired) electrons. The van der Waals surface area contributed by atoms with E-state index < -0.39 is 0 Å². The van der Waals surface area contributed by atoms with Crippen LogP contribution in [0.2, 0.25) is 0 Å². The van der Waals surface area contributed by atoms with Crippen LogP contribution in [0, 0.1) is 17.3 Å². The summed E-state index contributed by atoms with van der Waals surface area (Å²) in [6, 6.07) is 0. The third-order valence-corrected chi connectivity index (χ3v) is 6.51. The Morgan fingerprint density at radius 2 is 1.88 bits per heavy atom. The molecule has 142 valence electrons. The number of aryl methyl sites for hydroxylation is 1. The van der Waals surface area contributed by atoms with Crippen LogP contribution in [0.5, 0.6) is 0 Å². The monoisotopic (exact) mass is 359 g/mol. The van der Waals surface area contributed by atoms with Crippen molar-refractivity contribution in [3.63, 3.8) is 0 Å². The quantitative estimate of drug-likeness (QED) is 0.818. The Morgan fingerprint density at radius 3 is 2.42 bits per heavy atom. The molecule has 3 fully saturated rings. The van der Waals surface area contributed by atoms with Crippen molar-refractivity contribution >= 4 is 11.8 Å². The largest absolute Gasteiger partial charge is 0.342 e. The summed E-state index contributed by atoms with van der Waals surface area (Å²) in [5.41, 5.74) is 0.0130. The third kappa shape index (κ3) is 2.91. The molecule has 1 saturated carbocycles. The van der Waals surface area contributed by atoms with Crippen LogP contribution in [0.15, 0.2) is 6.33 Å². The van der Waals surface area contributed by atoms with E-state index in [0.29, 0.717) is 5.91 Å². The molecule has 3 heterocycles. The number of amides is 2. The summed E-state index contributed by atoms with van der Waals surface area (Å²) in [4.78, 5) is 29.1. The Labute approximate surface area is 154 Å². The second-order valence-electron chi connectivity index (χ2n) is 8.69. The van der Waals surface area contributed by atoms with E-state index in [-0.39, 0.29) is 29.1 Å². The molecule has 0 bridgehead atoms. The highest BCUT2D eigenvalue weighted by molar-refractivity contribution is 5.81. The SMILES string of the molecule is CC(C)C(=O)N1CCC2(CC1)CN(C(=O)C1CC1)CC2c1nncn1C. The van der Waals surface area contributed by atoms with Crippen LogP contribution in [-0.2, 0) is 16.6 Å². The van der Waals surface area contributed by atoms with Crippen LogP contribution in [0.1, 0.15) is 51.3 Å². The molecule has 1 aromatic rings. The molecular weight excluding hydrogens is 330 g/mol. The molecule has 3 aliphatic rings. The van der Waals surface area contributed by atoms with Crippen molar-refractivity contribution in [1.29, 1.82) is 0 Å². The second-order valence-corrected chi connectivity index (χ2v) is 8.69. The van der Waals surface area contributed by atoms with Gasteiger partial charge in [0.1, 0.15) is 12.2 Å². The Hall–Kier alpha value is -1.92. The Morgan fingerprint density at radius 1 is 1.19 bits per heavy atom. The molecule has 1 aliphatic carbocycles. The van der Waals surface area contributed by atoms with Gasteiger partial charge in [0.25, 0.3) is 0 Å². The van der Waals surface area contributed by atoms with Crippen molar-refractivity contribution in [1.82, 2.24) is 24.6 Å². The van der Waals surface area contributed by atoms with Gasteiger partial charge in [-0.1, -0.05) is 13.8 Å². The minimum Gasteiger partial charge on any atom is -0.342 e. The van der Waals surface area contributed by atoms with Gasteiger partial charge in [-0.3, -0.25) is 9.59 Å². The molecule has 2 amide bonds. The molecule has 7 heteroatoms. The zero-order chi connectivity index (χ0) is 18.5. The van der Waals surface area contributed by atoms with Gasteiger partial charge in [-0.05, 0) is 25.7 Å². The smallest absolute Gasteiger partial charge is 0.225 e. The van der Waals surface area contributed by atoms with Crippen LogP contribution in [0.25, 0.3) is 0 Å². The summed E-state index contributed by atoms with van der Waals surface area (Å²) in [5.74, 6) is 2.01. The molecule has 2 aliphatic heterocycles. The number of nitrogens with zero attached hydrogens (tertiary/aromatic N) is 5. The fraction of sp³-hybridized carbons (Fsp3) is 0.789. The Bertz CT molecular complexity index is 701. The Kier molecular flexibility index (Phi) is 4.28. The first-order valence-corrected chi connectivity index (χ1v) is 9.83.